The number of fused-ring (bicyclic) bond motifs is 4. The van der Waals surface area contributed by atoms with Crippen molar-refractivity contribution >= 4 is 26.7 Å². The predicted octanol–water partition coefficient (Wildman–Crippen LogP) is 3.11. The average Bonchev–Trinajstić information content (AvgIpc) is 2.83. The topological polar surface area (TPSA) is 36.6 Å². The fraction of sp³-hybridized carbons (Fsp3) is 0.467. The average molecular weight is 322 g/mol. The molecule has 1 atom stereocenters. The molecule has 3 saturated heterocycles. The number of rotatable bonds is 1. The first-order valence-corrected chi connectivity index (χ1v) is 7.58. The Hall–Kier alpha value is -0.840. The highest BCUT2D eigenvalue weighted by atomic mass is 79.9. The molecule has 1 N–H and O–H groups in total. The van der Waals surface area contributed by atoms with Crippen LogP contribution in [-0.2, 0) is 5.60 Å². The maximum atomic E-state index is 11.1. The number of hydrogen-bond acceptors (Lipinski definition) is 3. The molecule has 4 heteroatoms. The molecular formula is C15H16BrNO2. The van der Waals surface area contributed by atoms with Gasteiger partial charge in [0.25, 0.3) is 0 Å². The van der Waals surface area contributed by atoms with Gasteiger partial charge in [-0.25, -0.2) is 0 Å². The van der Waals surface area contributed by atoms with Crippen LogP contribution in [0.2, 0.25) is 0 Å². The normalized spacial score (nSPS) is 34.0. The molecule has 5 rings (SSSR count). The first kappa shape index (κ1) is 11.9. The van der Waals surface area contributed by atoms with Crippen molar-refractivity contribution in [3.8, 4) is 0 Å². The quantitative estimate of drug-likeness (QED) is 0.876. The van der Waals surface area contributed by atoms with E-state index in [0.29, 0.717) is 12.5 Å². The first-order valence-electron chi connectivity index (χ1n) is 6.79. The van der Waals surface area contributed by atoms with E-state index < -0.39 is 5.60 Å². The lowest BCUT2D eigenvalue weighted by atomic mass is 9.73. The van der Waals surface area contributed by atoms with Crippen molar-refractivity contribution in [2.45, 2.75) is 18.4 Å². The molecule has 2 bridgehead atoms. The molecule has 1 aromatic heterocycles. The van der Waals surface area contributed by atoms with Crippen molar-refractivity contribution in [2.75, 3.05) is 19.6 Å². The van der Waals surface area contributed by atoms with Gasteiger partial charge in [-0.05, 0) is 50.0 Å². The summed E-state index contributed by atoms with van der Waals surface area (Å²) in [5.41, 5.74) is -0.813. The van der Waals surface area contributed by atoms with Crippen molar-refractivity contribution in [1.29, 1.82) is 0 Å². The van der Waals surface area contributed by atoms with Gasteiger partial charge in [0.2, 0.25) is 0 Å². The summed E-state index contributed by atoms with van der Waals surface area (Å²) in [6.07, 6.45) is 3.88. The van der Waals surface area contributed by atoms with Crippen LogP contribution in [0.25, 0.3) is 10.8 Å². The fourth-order valence-corrected chi connectivity index (χ4v) is 4.03. The number of aliphatic hydroxyl groups is 1. The molecule has 1 unspecified atom stereocenters. The summed E-state index contributed by atoms with van der Waals surface area (Å²) in [7, 11) is 0. The molecule has 1 aromatic carbocycles. The number of nitrogens with zero attached hydrogens (tertiary/aromatic N) is 1. The fourth-order valence-electron chi connectivity index (χ4n) is 3.65. The molecule has 100 valence electrons. The molecule has 19 heavy (non-hydrogen) atoms. The number of furan rings is 1. The van der Waals surface area contributed by atoms with Crippen molar-refractivity contribution < 1.29 is 9.52 Å². The highest BCUT2D eigenvalue weighted by molar-refractivity contribution is 9.10. The Morgan fingerprint density at radius 2 is 2.11 bits per heavy atom. The van der Waals surface area contributed by atoms with Gasteiger partial charge in [0, 0.05) is 21.8 Å². The van der Waals surface area contributed by atoms with Gasteiger partial charge < -0.3 is 9.52 Å². The summed E-state index contributed by atoms with van der Waals surface area (Å²) in [6.45, 7) is 2.92. The Morgan fingerprint density at radius 1 is 1.32 bits per heavy atom. The van der Waals surface area contributed by atoms with Gasteiger partial charge in [0.05, 0.1) is 6.26 Å². The third-order valence-corrected chi connectivity index (χ3v) is 5.18. The van der Waals surface area contributed by atoms with E-state index in [0.717, 1.165) is 46.9 Å². The van der Waals surface area contributed by atoms with Gasteiger partial charge in [-0.15, -0.1) is 0 Å². The van der Waals surface area contributed by atoms with Crippen molar-refractivity contribution in [3.63, 3.8) is 0 Å². The Kier molecular flexibility index (Phi) is 2.56. The van der Waals surface area contributed by atoms with Crippen LogP contribution in [0.5, 0.6) is 0 Å². The van der Waals surface area contributed by atoms with Crippen LogP contribution in [0.15, 0.2) is 33.4 Å². The Bertz CT molecular complexity index is 630. The molecule has 2 aromatic rings. The largest absolute Gasteiger partial charge is 0.465 e. The predicted molar refractivity (Wildman–Crippen MR) is 77.0 cm³/mol. The van der Waals surface area contributed by atoms with E-state index in [-0.39, 0.29) is 0 Å². The zero-order chi connectivity index (χ0) is 13.0. The van der Waals surface area contributed by atoms with E-state index in [2.05, 4.69) is 20.8 Å². The first-order chi connectivity index (χ1) is 9.17. The van der Waals surface area contributed by atoms with Gasteiger partial charge in [-0.3, -0.25) is 4.90 Å². The van der Waals surface area contributed by atoms with E-state index >= 15 is 0 Å². The van der Waals surface area contributed by atoms with E-state index in [1.54, 1.807) is 6.26 Å². The minimum absolute atomic E-state index is 0.329. The summed E-state index contributed by atoms with van der Waals surface area (Å²) < 4.78 is 6.80. The third-order valence-electron chi connectivity index (χ3n) is 4.68. The van der Waals surface area contributed by atoms with E-state index in [1.165, 1.54) is 0 Å². The molecule has 0 radical (unpaired) electrons. The van der Waals surface area contributed by atoms with Crippen LogP contribution in [0, 0.1) is 5.92 Å². The maximum absolute atomic E-state index is 11.1. The number of piperidine rings is 3. The van der Waals surface area contributed by atoms with Crippen molar-refractivity contribution in [1.82, 2.24) is 4.90 Å². The number of benzene rings is 1. The molecule has 0 aliphatic carbocycles. The molecule has 0 amide bonds. The lowest BCUT2D eigenvalue weighted by Gasteiger charge is -2.49. The molecule has 3 aliphatic heterocycles. The van der Waals surface area contributed by atoms with Gasteiger partial charge in [-0.2, -0.15) is 0 Å². The lowest BCUT2D eigenvalue weighted by molar-refractivity contribution is -0.128. The lowest BCUT2D eigenvalue weighted by Crippen LogP contribution is -2.57. The summed E-state index contributed by atoms with van der Waals surface area (Å²) >= 11 is 3.47. The van der Waals surface area contributed by atoms with Crippen LogP contribution in [0.1, 0.15) is 18.6 Å². The minimum atomic E-state index is -0.813. The molecule has 4 heterocycles. The second kappa shape index (κ2) is 4.08. The molecule has 0 spiro atoms. The van der Waals surface area contributed by atoms with Crippen LogP contribution in [0.3, 0.4) is 0 Å². The Labute approximate surface area is 120 Å². The number of hydrogen-bond donors (Lipinski definition) is 1. The SMILES string of the molecule is OC1(c2occ3cc(Br)ccc23)CN2CCC1CC2. The van der Waals surface area contributed by atoms with Crippen molar-refractivity contribution in [3.05, 3.63) is 34.7 Å². The molecule has 3 fully saturated rings. The zero-order valence-electron chi connectivity index (χ0n) is 10.6. The second-order valence-electron chi connectivity index (χ2n) is 5.77. The standard InChI is InChI=1S/C15H16BrNO2/c16-12-1-2-13-10(7-12)8-19-14(13)15(18)9-17-5-3-11(15)4-6-17/h1-2,7-8,11,18H,3-6,9H2. The van der Waals surface area contributed by atoms with Crippen LogP contribution >= 0.6 is 15.9 Å². The van der Waals surface area contributed by atoms with Gasteiger partial charge >= 0.3 is 0 Å². The maximum Gasteiger partial charge on any atom is 0.144 e. The second-order valence-corrected chi connectivity index (χ2v) is 6.69. The molecular weight excluding hydrogens is 306 g/mol. The van der Waals surface area contributed by atoms with Gasteiger partial charge in [-0.1, -0.05) is 15.9 Å². The Balaban J connectivity index is 1.85. The van der Waals surface area contributed by atoms with Crippen LogP contribution in [0.4, 0.5) is 0 Å². The third kappa shape index (κ3) is 1.70. The molecule has 0 saturated carbocycles. The highest BCUT2D eigenvalue weighted by Gasteiger charge is 2.49. The summed E-state index contributed by atoms with van der Waals surface area (Å²) in [4.78, 5) is 2.34. The van der Waals surface area contributed by atoms with E-state index in [1.807, 2.05) is 18.2 Å². The van der Waals surface area contributed by atoms with Crippen LogP contribution < -0.4 is 0 Å². The van der Waals surface area contributed by atoms with Crippen LogP contribution in [-0.4, -0.2) is 29.6 Å². The van der Waals surface area contributed by atoms with Gasteiger partial charge in [0.15, 0.2) is 0 Å². The minimum Gasteiger partial charge on any atom is -0.465 e. The molecule has 3 nitrogen and oxygen atoms in total. The zero-order valence-corrected chi connectivity index (χ0v) is 12.2. The summed E-state index contributed by atoms with van der Waals surface area (Å²) in [5, 5.41) is 13.2. The Morgan fingerprint density at radius 3 is 2.79 bits per heavy atom. The van der Waals surface area contributed by atoms with E-state index in [9.17, 15) is 5.11 Å². The smallest absolute Gasteiger partial charge is 0.144 e. The summed E-state index contributed by atoms with van der Waals surface area (Å²) in [6, 6.07) is 6.08. The number of halogens is 1. The monoisotopic (exact) mass is 321 g/mol. The summed E-state index contributed by atoms with van der Waals surface area (Å²) in [5.74, 6) is 1.08. The van der Waals surface area contributed by atoms with Gasteiger partial charge in [0.1, 0.15) is 11.4 Å². The van der Waals surface area contributed by atoms with E-state index in [4.69, 9.17) is 4.42 Å². The van der Waals surface area contributed by atoms with Crippen molar-refractivity contribution in [2.24, 2.45) is 5.92 Å². The highest BCUT2D eigenvalue weighted by Crippen LogP contribution is 2.45. The molecule has 3 aliphatic rings.